The second kappa shape index (κ2) is 9.50. The number of nitrogens with one attached hydrogen (secondary N) is 2. The van der Waals surface area contributed by atoms with Gasteiger partial charge in [-0.1, -0.05) is 30.7 Å². The minimum Gasteiger partial charge on any atom is -0.507 e. The number of carbonyl (C=O) groups is 2. The second-order valence-corrected chi connectivity index (χ2v) is 8.74. The zero-order valence-corrected chi connectivity index (χ0v) is 19.3. The van der Waals surface area contributed by atoms with Crippen molar-refractivity contribution in [1.82, 2.24) is 15.1 Å². The van der Waals surface area contributed by atoms with Gasteiger partial charge in [0.15, 0.2) is 5.76 Å². The van der Waals surface area contributed by atoms with E-state index in [2.05, 4.69) is 15.7 Å². The first kappa shape index (κ1) is 22.5. The normalized spacial score (nSPS) is 13.3. The number of phenols is 1. The van der Waals surface area contributed by atoms with Crippen molar-refractivity contribution in [1.29, 1.82) is 0 Å². The maximum absolute atomic E-state index is 13.1. The fourth-order valence-electron chi connectivity index (χ4n) is 4.17. The molecule has 0 aliphatic heterocycles. The van der Waals surface area contributed by atoms with Gasteiger partial charge in [0.2, 0.25) is 0 Å². The van der Waals surface area contributed by atoms with Crippen molar-refractivity contribution in [2.45, 2.75) is 38.6 Å². The van der Waals surface area contributed by atoms with Crippen molar-refractivity contribution in [3.63, 3.8) is 0 Å². The van der Waals surface area contributed by atoms with E-state index in [0.717, 1.165) is 36.1 Å². The molecule has 0 unspecified atom stereocenters. The number of hydrogen-bond acceptors (Lipinski definition) is 5. The van der Waals surface area contributed by atoms with Crippen LogP contribution in [0.2, 0.25) is 0 Å². The van der Waals surface area contributed by atoms with Gasteiger partial charge in [-0.25, -0.2) is 4.79 Å². The number of carbonyl (C=O) groups excluding carboxylic acids is 2. The number of benzene rings is 2. The molecule has 8 nitrogen and oxygen atoms in total. The van der Waals surface area contributed by atoms with Crippen LogP contribution in [0.15, 0.2) is 71.3 Å². The maximum Gasteiger partial charge on any atom is 0.342 e. The molecule has 2 aromatic heterocycles. The molecule has 1 aliphatic rings. The molecule has 2 amide bonds. The van der Waals surface area contributed by atoms with Gasteiger partial charge in [0, 0.05) is 29.8 Å². The lowest BCUT2D eigenvalue weighted by Crippen LogP contribution is -2.31. The SMILES string of the molecule is Cc1ccccc1CNC(=O)n1nc(-c2ccc(NC(=O)c3ccco3)cc2O)cc1C1CCC1. The fraction of sp³-hybridized carbons (Fsp3) is 0.222. The third kappa shape index (κ3) is 4.68. The quantitative estimate of drug-likeness (QED) is 0.348. The lowest BCUT2D eigenvalue weighted by atomic mass is 9.82. The summed E-state index contributed by atoms with van der Waals surface area (Å²) in [5, 5.41) is 20.9. The number of aromatic hydroxyl groups is 1. The Kier molecular flexibility index (Phi) is 6.10. The van der Waals surface area contributed by atoms with Crippen LogP contribution in [-0.2, 0) is 6.54 Å². The Balaban J connectivity index is 1.37. The highest BCUT2D eigenvalue weighted by molar-refractivity contribution is 6.02. The minimum atomic E-state index is -0.413. The molecule has 5 rings (SSSR count). The van der Waals surface area contributed by atoms with E-state index >= 15 is 0 Å². The number of furan rings is 1. The molecular weight excluding hydrogens is 444 g/mol. The van der Waals surface area contributed by atoms with Gasteiger partial charge in [-0.3, -0.25) is 4.79 Å². The van der Waals surface area contributed by atoms with E-state index in [-0.39, 0.29) is 23.5 Å². The Labute approximate surface area is 202 Å². The van der Waals surface area contributed by atoms with E-state index in [4.69, 9.17) is 4.42 Å². The van der Waals surface area contributed by atoms with Crippen LogP contribution in [0.1, 0.15) is 52.6 Å². The van der Waals surface area contributed by atoms with Crippen molar-refractivity contribution in [2.24, 2.45) is 0 Å². The van der Waals surface area contributed by atoms with Crippen LogP contribution >= 0.6 is 0 Å². The Hall–Kier alpha value is -4.33. The second-order valence-electron chi connectivity index (χ2n) is 8.74. The summed E-state index contributed by atoms with van der Waals surface area (Å²) in [7, 11) is 0. The molecule has 35 heavy (non-hydrogen) atoms. The number of nitrogens with zero attached hydrogens (tertiary/aromatic N) is 2. The predicted octanol–water partition coefficient (Wildman–Crippen LogP) is 5.43. The standard InChI is InChI=1S/C27H26N4O4/c1-17-6-2-3-7-19(17)16-28-27(34)31-23(18-8-4-9-18)15-22(30-31)21-12-11-20(14-24(21)32)29-26(33)25-10-5-13-35-25/h2-3,5-7,10-15,18,32H,4,8-9,16H2,1H3,(H,28,34)(H,29,33). The fourth-order valence-corrected chi connectivity index (χ4v) is 4.17. The summed E-state index contributed by atoms with van der Waals surface area (Å²) in [5.74, 6) is -0.0278. The van der Waals surface area contributed by atoms with Crippen LogP contribution in [0.3, 0.4) is 0 Å². The summed E-state index contributed by atoms with van der Waals surface area (Å²) < 4.78 is 6.52. The van der Waals surface area contributed by atoms with Gasteiger partial charge in [-0.2, -0.15) is 9.78 Å². The molecule has 0 radical (unpaired) electrons. The summed E-state index contributed by atoms with van der Waals surface area (Å²) in [5.41, 5.74) is 4.39. The monoisotopic (exact) mass is 470 g/mol. The molecule has 1 fully saturated rings. The number of anilines is 1. The smallest absolute Gasteiger partial charge is 0.342 e. The van der Waals surface area contributed by atoms with Crippen LogP contribution in [0.5, 0.6) is 5.75 Å². The lowest BCUT2D eigenvalue weighted by Gasteiger charge is -2.25. The molecule has 4 aromatic rings. The molecule has 1 saturated carbocycles. The average molecular weight is 471 g/mol. The summed E-state index contributed by atoms with van der Waals surface area (Å²) in [4.78, 5) is 25.3. The molecule has 0 bridgehead atoms. The molecule has 178 valence electrons. The lowest BCUT2D eigenvalue weighted by molar-refractivity contribution is 0.0996. The molecule has 0 atom stereocenters. The molecule has 3 N–H and O–H groups in total. The Morgan fingerprint density at radius 2 is 1.94 bits per heavy atom. The van der Waals surface area contributed by atoms with Crippen LogP contribution in [0.25, 0.3) is 11.3 Å². The average Bonchev–Trinajstić information content (AvgIpc) is 3.48. The number of amides is 2. The highest BCUT2D eigenvalue weighted by atomic mass is 16.3. The van der Waals surface area contributed by atoms with Gasteiger partial charge in [0.1, 0.15) is 5.75 Å². The maximum atomic E-state index is 13.1. The van der Waals surface area contributed by atoms with E-state index < -0.39 is 5.91 Å². The number of aryl methyl sites for hydroxylation is 1. The highest BCUT2D eigenvalue weighted by Gasteiger charge is 2.27. The molecule has 0 spiro atoms. The summed E-state index contributed by atoms with van der Waals surface area (Å²) in [6.07, 6.45) is 4.54. The molecule has 2 aromatic carbocycles. The van der Waals surface area contributed by atoms with E-state index in [1.54, 1.807) is 24.3 Å². The van der Waals surface area contributed by atoms with Crippen LogP contribution < -0.4 is 10.6 Å². The molecule has 8 heteroatoms. The summed E-state index contributed by atoms with van der Waals surface area (Å²) in [6, 6.07) is 17.5. The number of hydrogen-bond donors (Lipinski definition) is 3. The van der Waals surface area contributed by atoms with Crippen molar-refractivity contribution >= 4 is 17.6 Å². The van der Waals surface area contributed by atoms with Gasteiger partial charge < -0.3 is 20.2 Å². The predicted molar refractivity (Wildman–Crippen MR) is 131 cm³/mol. The van der Waals surface area contributed by atoms with Crippen LogP contribution in [-0.4, -0.2) is 26.8 Å². The largest absolute Gasteiger partial charge is 0.507 e. The van der Waals surface area contributed by atoms with Gasteiger partial charge in [-0.05, 0) is 61.2 Å². The van der Waals surface area contributed by atoms with Gasteiger partial charge in [0.25, 0.3) is 5.91 Å². The summed E-state index contributed by atoms with van der Waals surface area (Å²) >= 11 is 0. The van der Waals surface area contributed by atoms with E-state index in [9.17, 15) is 14.7 Å². The van der Waals surface area contributed by atoms with Crippen molar-refractivity contribution < 1.29 is 19.1 Å². The Morgan fingerprint density at radius 1 is 1.11 bits per heavy atom. The molecule has 2 heterocycles. The highest BCUT2D eigenvalue weighted by Crippen LogP contribution is 2.39. The van der Waals surface area contributed by atoms with Gasteiger partial charge in [0.05, 0.1) is 17.7 Å². The van der Waals surface area contributed by atoms with Crippen molar-refractivity contribution in [2.75, 3.05) is 5.32 Å². The number of aromatic nitrogens is 2. The van der Waals surface area contributed by atoms with Crippen molar-refractivity contribution in [3.05, 3.63) is 89.5 Å². The number of phenolic OH excluding ortho intramolecular Hbond substituents is 1. The zero-order valence-electron chi connectivity index (χ0n) is 19.3. The summed E-state index contributed by atoms with van der Waals surface area (Å²) in [6.45, 7) is 2.41. The molecule has 1 aliphatic carbocycles. The zero-order chi connectivity index (χ0) is 24.4. The van der Waals surface area contributed by atoms with Gasteiger partial charge in [-0.15, -0.1) is 0 Å². The van der Waals surface area contributed by atoms with Crippen LogP contribution in [0, 0.1) is 6.92 Å². The molecular formula is C27H26N4O4. The number of rotatable bonds is 6. The Morgan fingerprint density at radius 3 is 2.63 bits per heavy atom. The topological polar surface area (TPSA) is 109 Å². The van der Waals surface area contributed by atoms with Gasteiger partial charge >= 0.3 is 6.03 Å². The third-order valence-electron chi connectivity index (χ3n) is 6.42. The van der Waals surface area contributed by atoms with E-state index in [1.807, 2.05) is 37.3 Å². The first-order valence-corrected chi connectivity index (χ1v) is 11.6. The molecule has 0 saturated heterocycles. The minimum absolute atomic E-state index is 0.0487. The van der Waals surface area contributed by atoms with Crippen LogP contribution in [0.4, 0.5) is 10.5 Å². The first-order chi connectivity index (χ1) is 17.0. The van der Waals surface area contributed by atoms with Crippen molar-refractivity contribution in [3.8, 4) is 17.0 Å². The first-order valence-electron chi connectivity index (χ1n) is 11.6. The van der Waals surface area contributed by atoms with E-state index in [0.29, 0.717) is 23.5 Å². The van der Waals surface area contributed by atoms with E-state index in [1.165, 1.54) is 17.0 Å². The third-order valence-corrected chi connectivity index (χ3v) is 6.42. The Bertz CT molecular complexity index is 1370.